The van der Waals surface area contributed by atoms with E-state index in [2.05, 4.69) is 20.7 Å². The second-order valence-electron chi connectivity index (χ2n) is 9.94. The Labute approximate surface area is 220 Å². The summed E-state index contributed by atoms with van der Waals surface area (Å²) in [7, 11) is 1.63. The SMILES string of the molecule is COc1c(Nc2cc(NC(=O)C3CC3)nc3c2nc(C)n3C2CCCCO2)cccc1-n1nc(C)nc1C. The Morgan fingerprint density at radius 2 is 1.89 bits per heavy atom. The van der Waals surface area contributed by atoms with Crippen LogP contribution in [0.5, 0.6) is 5.75 Å². The number of ether oxygens (including phenoxy) is 2. The maximum atomic E-state index is 12.7. The van der Waals surface area contributed by atoms with Crippen molar-refractivity contribution in [2.75, 3.05) is 24.4 Å². The number of rotatable bonds is 7. The summed E-state index contributed by atoms with van der Waals surface area (Å²) in [6.45, 7) is 6.43. The number of para-hydroxylation sites is 1. The van der Waals surface area contributed by atoms with Gasteiger partial charge in [0.15, 0.2) is 11.4 Å². The van der Waals surface area contributed by atoms with Crippen LogP contribution in [0.4, 0.5) is 17.2 Å². The zero-order chi connectivity index (χ0) is 26.4. The molecule has 0 bridgehead atoms. The molecule has 4 aromatic rings. The number of benzene rings is 1. The molecule has 198 valence electrons. The fourth-order valence-corrected chi connectivity index (χ4v) is 5.08. The fraction of sp³-hybridized carbons (Fsp3) is 0.444. The van der Waals surface area contributed by atoms with Crippen molar-refractivity contribution in [1.29, 1.82) is 0 Å². The van der Waals surface area contributed by atoms with Crippen molar-refractivity contribution in [3.63, 3.8) is 0 Å². The summed E-state index contributed by atoms with van der Waals surface area (Å²) in [6.07, 6.45) is 4.71. The van der Waals surface area contributed by atoms with Crippen LogP contribution in [0.3, 0.4) is 0 Å². The van der Waals surface area contributed by atoms with E-state index in [1.165, 1.54) is 0 Å². The summed E-state index contributed by atoms with van der Waals surface area (Å²) in [5, 5.41) is 11.1. The number of imidazole rings is 1. The van der Waals surface area contributed by atoms with Gasteiger partial charge in [-0.1, -0.05) is 6.07 Å². The van der Waals surface area contributed by atoms with Gasteiger partial charge in [-0.25, -0.2) is 19.6 Å². The number of methoxy groups -OCH3 is 1. The molecule has 2 aliphatic rings. The van der Waals surface area contributed by atoms with Gasteiger partial charge in [0, 0.05) is 18.6 Å². The number of aromatic nitrogens is 6. The van der Waals surface area contributed by atoms with Crippen molar-refractivity contribution in [1.82, 2.24) is 29.3 Å². The van der Waals surface area contributed by atoms with Crippen LogP contribution < -0.4 is 15.4 Å². The Balaban J connectivity index is 1.46. The van der Waals surface area contributed by atoms with E-state index in [1.54, 1.807) is 11.8 Å². The van der Waals surface area contributed by atoms with Crippen LogP contribution in [-0.2, 0) is 9.53 Å². The number of amides is 1. The molecule has 6 rings (SSSR count). The minimum absolute atomic E-state index is 0.00360. The van der Waals surface area contributed by atoms with Crippen LogP contribution in [0.15, 0.2) is 24.3 Å². The second-order valence-corrected chi connectivity index (χ2v) is 9.94. The standard InChI is InChI=1S/C27H32N8O3/c1-15-28-17(3)35(33-15)21-9-7-8-19(25(21)37-4)30-20-14-22(32-27(36)18-11-12-18)31-26-24(20)29-16(2)34(26)23-10-5-6-13-38-23/h7-9,14,18,23H,5-6,10-13H2,1-4H3,(H2,30,31,32,36). The lowest BCUT2D eigenvalue weighted by Crippen LogP contribution is -2.20. The average Bonchev–Trinajstić information content (AvgIpc) is 3.63. The van der Waals surface area contributed by atoms with Crippen LogP contribution in [0.1, 0.15) is 55.8 Å². The van der Waals surface area contributed by atoms with E-state index in [9.17, 15) is 4.79 Å². The molecule has 11 heteroatoms. The number of anilines is 3. The summed E-state index contributed by atoms with van der Waals surface area (Å²) in [6, 6.07) is 7.64. The number of nitrogens with zero attached hydrogens (tertiary/aromatic N) is 6. The van der Waals surface area contributed by atoms with Gasteiger partial charge in [-0.3, -0.25) is 9.36 Å². The first-order valence-electron chi connectivity index (χ1n) is 13.1. The summed E-state index contributed by atoms with van der Waals surface area (Å²) in [4.78, 5) is 26.8. The van der Waals surface area contributed by atoms with Crippen molar-refractivity contribution in [2.24, 2.45) is 5.92 Å². The summed E-state index contributed by atoms with van der Waals surface area (Å²) < 4.78 is 15.8. The third-order valence-corrected chi connectivity index (χ3v) is 7.04. The predicted molar refractivity (Wildman–Crippen MR) is 143 cm³/mol. The number of hydrogen-bond donors (Lipinski definition) is 2. The van der Waals surface area contributed by atoms with E-state index < -0.39 is 0 Å². The Morgan fingerprint density at radius 3 is 2.58 bits per heavy atom. The normalized spacial score (nSPS) is 17.5. The molecule has 4 heterocycles. The number of fused-ring (bicyclic) bond motifs is 1. The lowest BCUT2D eigenvalue weighted by Gasteiger charge is -2.25. The molecule has 0 spiro atoms. The van der Waals surface area contributed by atoms with E-state index in [1.807, 2.05) is 49.6 Å². The Morgan fingerprint density at radius 1 is 1.05 bits per heavy atom. The van der Waals surface area contributed by atoms with Gasteiger partial charge in [-0.15, -0.1) is 0 Å². The predicted octanol–water partition coefficient (Wildman–Crippen LogP) is 4.74. The molecule has 3 aromatic heterocycles. The first-order valence-corrected chi connectivity index (χ1v) is 13.1. The minimum Gasteiger partial charge on any atom is -0.492 e. The third-order valence-electron chi connectivity index (χ3n) is 7.04. The van der Waals surface area contributed by atoms with Gasteiger partial charge < -0.3 is 20.1 Å². The van der Waals surface area contributed by atoms with Gasteiger partial charge in [0.1, 0.15) is 40.7 Å². The quantitative estimate of drug-likeness (QED) is 0.361. The maximum absolute atomic E-state index is 12.7. The van der Waals surface area contributed by atoms with Gasteiger partial charge in [0.25, 0.3) is 0 Å². The number of nitrogens with one attached hydrogen (secondary N) is 2. The van der Waals surface area contributed by atoms with Gasteiger partial charge in [-0.2, -0.15) is 5.10 Å². The molecule has 2 fully saturated rings. The highest BCUT2D eigenvalue weighted by Gasteiger charge is 2.30. The summed E-state index contributed by atoms with van der Waals surface area (Å²) >= 11 is 0. The van der Waals surface area contributed by atoms with E-state index in [4.69, 9.17) is 19.4 Å². The first-order chi connectivity index (χ1) is 18.4. The highest BCUT2D eigenvalue weighted by atomic mass is 16.5. The van der Waals surface area contributed by atoms with Gasteiger partial charge in [0.2, 0.25) is 5.91 Å². The van der Waals surface area contributed by atoms with Gasteiger partial charge in [-0.05, 0) is 65.0 Å². The fourth-order valence-electron chi connectivity index (χ4n) is 5.08. The Bertz CT molecular complexity index is 1510. The molecule has 1 saturated heterocycles. The number of hydrogen-bond acceptors (Lipinski definition) is 8. The summed E-state index contributed by atoms with van der Waals surface area (Å²) in [5.74, 6) is 3.39. The number of aryl methyl sites for hydroxylation is 3. The molecule has 2 N–H and O–H groups in total. The highest BCUT2D eigenvalue weighted by molar-refractivity contribution is 5.97. The first kappa shape index (κ1) is 24.4. The van der Waals surface area contributed by atoms with Crippen molar-refractivity contribution in [2.45, 2.75) is 59.1 Å². The van der Waals surface area contributed by atoms with E-state index in [0.29, 0.717) is 40.8 Å². The number of carbonyl (C=O) groups is 1. The molecular weight excluding hydrogens is 484 g/mol. The highest BCUT2D eigenvalue weighted by Crippen LogP contribution is 2.38. The van der Waals surface area contributed by atoms with E-state index >= 15 is 0 Å². The zero-order valence-corrected chi connectivity index (χ0v) is 22.1. The topological polar surface area (TPSA) is 121 Å². The molecule has 1 aromatic carbocycles. The second kappa shape index (κ2) is 9.71. The minimum atomic E-state index is -0.139. The molecule has 11 nitrogen and oxygen atoms in total. The monoisotopic (exact) mass is 516 g/mol. The van der Waals surface area contributed by atoms with Crippen molar-refractivity contribution < 1.29 is 14.3 Å². The van der Waals surface area contributed by atoms with Crippen LogP contribution in [0.2, 0.25) is 0 Å². The van der Waals surface area contributed by atoms with Crippen molar-refractivity contribution >= 4 is 34.3 Å². The molecular formula is C27H32N8O3. The molecule has 1 atom stereocenters. The molecule has 38 heavy (non-hydrogen) atoms. The van der Waals surface area contributed by atoms with Crippen molar-refractivity contribution in [3.05, 3.63) is 41.7 Å². The molecule has 1 aliphatic heterocycles. The van der Waals surface area contributed by atoms with Crippen LogP contribution >= 0.6 is 0 Å². The molecule has 0 radical (unpaired) electrons. The molecule has 1 aliphatic carbocycles. The molecule has 1 unspecified atom stereocenters. The van der Waals surface area contributed by atoms with Crippen molar-refractivity contribution in [3.8, 4) is 11.4 Å². The molecule has 1 saturated carbocycles. The van der Waals surface area contributed by atoms with Gasteiger partial charge >= 0.3 is 0 Å². The van der Waals surface area contributed by atoms with E-state index in [0.717, 1.165) is 55.1 Å². The van der Waals surface area contributed by atoms with Crippen LogP contribution in [0.25, 0.3) is 16.9 Å². The largest absolute Gasteiger partial charge is 0.492 e. The Kier molecular flexibility index (Phi) is 6.22. The molecule has 1 amide bonds. The van der Waals surface area contributed by atoms with E-state index in [-0.39, 0.29) is 18.1 Å². The number of carbonyl (C=O) groups excluding carboxylic acids is 1. The Hall–Kier alpha value is -3.99. The maximum Gasteiger partial charge on any atom is 0.228 e. The third kappa shape index (κ3) is 4.47. The van der Waals surface area contributed by atoms with Crippen LogP contribution in [-0.4, -0.2) is 48.9 Å². The van der Waals surface area contributed by atoms with Crippen LogP contribution in [0, 0.1) is 26.7 Å². The summed E-state index contributed by atoms with van der Waals surface area (Å²) in [5.41, 5.74) is 3.57. The average molecular weight is 517 g/mol. The lowest BCUT2D eigenvalue weighted by molar-refractivity contribution is -0.117. The number of pyridine rings is 1. The van der Waals surface area contributed by atoms with Gasteiger partial charge in [0.05, 0.1) is 18.5 Å². The smallest absolute Gasteiger partial charge is 0.228 e. The zero-order valence-electron chi connectivity index (χ0n) is 22.1. The lowest BCUT2D eigenvalue weighted by atomic mass is 10.2.